The maximum Gasteiger partial charge on any atom is 0.238 e. The van der Waals surface area contributed by atoms with E-state index in [4.69, 9.17) is 9.47 Å². The average molecular weight is 440 g/mol. The molecule has 0 aromatic heterocycles. The zero-order valence-corrected chi connectivity index (χ0v) is 18.1. The molecule has 1 saturated heterocycles. The number of carbonyl (C=O) groups is 1. The molecule has 0 N–H and O–H groups in total. The predicted octanol–water partition coefficient (Wildman–Crippen LogP) is 7.05. The number of amides is 1. The maximum absolute atomic E-state index is 12.8. The van der Waals surface area contributed by atoms with Crippen LogP contribution in [0, 0.1) is 0 Å². The van der Waals surface area contributed by atoms with Gasteiger partial charge < -0.3 is 9.47 Å². The van der Waals surface area contributed by atoms with Gasteiger partial charge in [-0.2, -0.15) is 0 Å². The van der Waals surface area contributed by atoms with E-state index in [1.807, 2.05) is 114 Å². The Morgan fingerprint density at radius 2 is 1.22 bits per heavy atom. The minimum absolute atomic E-state index is 0.0890. The van der Waals surface area contributed by atoms with Gasteiger partial charge in [0.05, 0.1) is 5.75 Å². The molecule has 1 aliphatic rings. The number of anilines is 1. The van der Waals surface area contributed by atoms with Crippen LogP contribution in [0.3, 0.4) is 0 Å². The van der Waals surface area contributed by atoms with E-state index in [0.717, 1.165) is 34.2 Å². The molecule has 0 bridgehead atoms. The van der Waals surface area contributed by atoms with Gasteiger partial charge in [-0.1, -0.05) is 48.5 Å². The lowest BCUT2D eigenvalue weighted by atomic mass is 10.1. The first-order valence-corrected chi connectivity index (χ1v) is 11.4. The van der Waals surface area contributed by atoms with Gasteiger partial charge in [-0.05, 0) is 66.2 Å². The number of hydrogen-bond acceptors (Lipinski definition) is 4. The first-order chi connectivity index (χ1) is 15.8. The summed E-state index contributed by atoms with van der Waals surface area (Å²) in [6.45, 7) is 0. The Bertz CT molecular complexity index is 1200. The van der Waals surface area contributed by atoms with Crippen LogP contribution in [0.1, 0.15) is 10.9 Å². The highest BCUT2D eigenvalue weighted by atomic mass is 32.2. The van der Waals surface area contributed by atoms with Gasteiger partial charge in [0.2, 0.25) is 5.91 Å². The van der Waals surface area contributed by atoms with Crippen molar-refractivity contribution in [3.8, 4) is 23.0 Å². The summed E-state index contributed by atoms with van der Waals surface area (Å²) in [7, 11) is 0. The van der Waals surface area contributed by atoms with Crippen LogP contribution in [-0.4, -0.2) is 11.7 Å². The minimum Gasteiger partial charge on any atom is -0.457 e. The van der Waals surface area contributed by atoms with Gasteiger partial charge in [0, 0.05) is 5.69 Å². The van der Waals surface area contributed by atoms with E-state index in [1.54, 1.807) is 11.8 Å². The highest BCUT2D eigenvalue weighted by Crippen LogP contribution is 2.43. The molecule has 0 radical (unpaired) electrons. The minimum atomic E-state index is -0.109. The summed E-state index contributed by atoms with van der Waals surface area (Å²) in [5.74, 6) is 3.57. The van der Waals surface area contributed by atoms with Crippen molar-refractivity contribution in [2.24, 2.45) is 0 Å². The standard InChI is InChI=1S/C27H21NO3S/c29-26-19-32-27(20-8-7-13-25(18-20)31-23-11-5-2-6-12-23)28(26)21-14-16-24(17-15-21)30-22-9-3-1-4-10-22/h1-18,27H,19H2. The Kier molecular flexibility index (Phi) is 5.81. The smallest absolute Gasteiger partial charge is 0.238 e. The maximum atomic E-state index is 12.8. The Hall–Kier alpha value is -3.70. The van der Waals surface area contributed by atoms with Gasteiger partial charge in [0.15, 0.2) is 0 Å². The molecule has 0 saturated carbocycles. The molecule has 1 amide bonds. The summed E-state index contributed by atoms with van der Waals surface area (Å²) in [5, 5.41) is -0.109. The van der Waals surface area contributed by atoms with Gasteiger partial charge in [-0.3, -0.25) is 9.69 Å². The zero-order valence-electron chi connectivity index (χ0n) is 17.3. The molecule has 1 fully saturated rings. The van der Waals surface area contributed by atoms with Crippen LogP contribution < -0.4 is 14.4 Å². The number of thioether (sulfide) groups is 1. The number of para-hydroxylation sites is 2. The van der Waals surface area contributed by atoms with Crippen LogP contribution in [0.4, 0.5) is 5.69 Å². The number of carbonyl (C=O) groups excluding carboxylic acids is 1. The number of ether oxygens (including phenoxy) is 2. The summed E-state index contributed by atoms with van der Waals surface area (Å²) in [5.41, 5.74) is 1.87. The molecule has 1 unspecified atom stereocenters. The molecule has 158 valence electrons. The number of rotatable bonds is 6. The monoisotopic (exact) mass is 439 g/mol. The lowest BCUT2D eigenvalue weighted by molar-refractivity contribution is -0.115. The SMILES string of the molecule is O=C1CSC(c2cccc(Oc3ccccc3)c2)N1c1ccc(Oc2ccccc2)cc1. The van der Waals surface area contributed by atoms with E-state index >= 15 is 0 Å². The Balaban J connectivity index is 1.36. The van der Waals surface area contributed by atoms with Gasteiger partial charge in [-0.25, -0.2) is 0 Å². The lowest BCUT2D eigenvalue weighted by Gasteiger charge is -2.25. The Morgan fingerprint density at radius 1 is 0.656 bits per heavy atom. The van der Waals surface area contributed by atoms with Crippen LogP contribution in [0.2, 0.25) is 0 Å². The third-order valence-electron chi connectivity index (χ3n) is 5.08. The quantitative estimate of drug-likeness (QED) is 0.323. The van der Waals surface area contributed by atoms with Crippen LogP contribution in [0.5, 0.6) is 23.0 Å². The molecule has 5 rings (SSSR count). The Labute approximate surface area is 191 Å². The fraction of sp³-hybridized carbons (Fsp3) is 0.0741. The van der Waals surface area contributed by atoms with Crippen LogP contribution in [0.15, 0.2) is 109 Å². The van der Waals surface area contributed by atoms with E-state index < -0.39 is 0 Å². The number of nitrogens with zero attached hydrogens (tertiary/aromatic N) is 1. The van der Waals surface area contributed by atoms with E-state index in [0.29, 0.717) is 5.75 Å². The zero-order chi connectivity index (χ0) is 21.8. The van der Waals surface area contributed by atoms with E-state index in [2.05, 4.69) is 0 Å². The van der Waals surface area contributed by atoms with Crippen LogP contribution in [0.25, 0.3) is 0 Å². The Morgan fingerprint density at radius 3 is 1.88 bits per heavy atom. The second-order valence-electron chi connectivity index (χ2n) is 7.32. The van der Waals surface area contributed by atoms with E-state index in [1.165, 1.54) is 0 Å². The summed E-state index contributed by atoms with van der Waals surface area (Å²) >= 11 is 1.62. The van der Waals surface area contributed by atoms with Crippen molar-refractivity contribution in [2.45, 2.75) is 5.37 Å². The molecule has 4 aromatic carbocycles. The van der Waals surface area contributed by atoms with E-state index in [9.17, 15) is 4.79 Å². The lowest BCUT2D eigenvalue weighted by Crippen LogP contribution is -2.27. The summed E-state index contributed by atoms with van der Waals surface area (Å²) in [6, 6.07) is 34.9. The highest BCUT2D eigenvalue weighted by molar-refractivity contribution is 8.00. The fourth-order valence-electron chi connectivity index (χ4n) is 3.61. The van der Waals surface area contributed by atoms with Crippen molar-refractivity contribution in [3.05, 3.63) is 115 Å². The van der Waals surface area contributed by atoms with Crippen LogP contribution in [-0.2, 0) is 4.79 Å². The second-order valence-corrected chi connectivity index (χ2v) is 8.39. The van der Waals surface area contributed by atoms with Crippen molar-refractivity contribution >= 4 is 23.4 Å². The molecule has 32 heavy (non-hydrogen) atoms. The van der Waals surface area contributed by atoms with E-state index in [-0.39, 0.29) is 11.3 Å². The molecular formula is C27H21NO3S. The van der Waals surface area contributed by atoms with Gasteiger partial charge in [-0.15, -0.1) is 11.8 Å². The average Bonchev–Trinajstić information content (AvgIpc) is 3.22. The summed E-state index contributed by atoms with van der Waals surface area (Å²) in [4.78, 5) is 14.6. The van der Waals surface area contributed by atoms with Crippen molar-refractivity contribution in [1.29, 1.82) is 0 Å². The fourth-order valence-corrected chi connectivity index (χ4v) is 4.77. The summed E-state index contributed by atoms with van der Waals surface area (Å²) < 4.78 is 11.9. The third kappa shape index (κ3) is 4.48. The normalized spacial score (nSPS) is 15.6. The van der Waals surface area contributed by atoms with Gasteiger partial charge in [0.1, 0.15) is 28.4 Å². The molecule has 1 heterocycles. The van der Waals surface area contributed by atoms with Crippen molar-refractivity contribution in [2.75, 3.05) is 10.7 Å². The predicted molar refractivity (Wildman–Crippen MR) is 129 cm³/mol. The molecule has 4 nitrogen and oxygen atoms in total. The number of hydrogen-bond donors (Lipinski definition) is 0. The first-order valence-electron chi connectivity index (χ1n) is 10.4. The molecule has 4 aromatic rings. The molecular weight excluding hydrogens is 418 g/mol. The number of benzene rings is 4. The first kappa shape index (κ1) is 20.2. The van der Waals surface area contributed by atoms with Gasteiger partial charge >= 0.3 is 0 Å². The van der Waals surface area contributed by atoms with Crippen molar-refractivity contribution in [1.82, 2.24) is 0 Å². The van der Waals surface area contributed by atoms with Crippen LogP contribution >= 0.6 is 11.8 Å². The molecule has 5 heteroatoms. The largest absolute Gasteiger partial charge is 0.457 e. The second kappa shape index (κ2) is 9.20. The third-order valence-corrected chi connectivity index (χ3v) is 6.30. The molecule has 1 aliphatic heterocycles. The summed E-state index contributed by atoms with van der Waals surface area (Å²) in [6.07, 6.45) is 0. The van der Waals surface area contributed by atoms with Crippen molar-refractivity contribution in [3.63, 3.8) is 0 Å². The molecule has 1 atom stereocenters. The molecule has 0 aliphatic carbocycles. The van der Waals surface area contributed by atoms with Crippen molar-refractivity contribution < 1.29 is 14.3 Å². The topological polar surface area (TPSA) is 38.8 Å². The van der Waals surface area contributed by atoms with Gasteiger partial charge in [0.25, 0.3) is 0 Å². The highest BCUT2D eigenvalue weighted by Gasteiger charge is 2.34. The molecule has 0 spiro atoms.